The van der Waals surface area contributed by atoms with E-state index in [1.165, 1.54) is 0 Å². The number of aryl methyl sites for hydroxylation is 2. The third-order valence-electron chi connectivity index (χ3n) is 4.98. The second kappa shape index (κ2) is 7.72. The van der Waals surface area contributed by atoms with Crippen molar-refractivity contribution in [3.8, 4) is 0 Å². The first-order chi connectivity index (χ1) is 12.7. The molecule has 2 aromatic rings. The molecule has 6 nitrogen and oxygen atoms in total. The van der Waals surface area contributed by atoms with E-state index in [1.54, 1.807) is 11.8 Å². The number of esters is 1. The maximum Gasteiger partial charge on any atom is 0.311 e. The van der Waals surface area contributed by atoms with Crippen molar-refractivity contribution in [3.05, 3.63) is 35.0 Å². The number of hydrogen-bond donors (Lipinski definition) is 1. The largest absolute Gasteiger partial charge is 0.452 e. The minimum atomic E-state index is -0.803. The Balaban J connectivity index is 1.66. The van der Waals surface area contributed by atoms with Crippen LogP contribution in [0.4, 0.5) is 0 Å². The van der Waals surface area contributed by atoms with Gasteiger partial charge in [0.15, 0.2) is 6.10 Å². The predicted molar refractivity (Wildman–Crippen MR) is 104 cm³/mol. The highest BCUT2D eigenvalue weighted by Crippen LogP contribution is 2.24. The molecule has 1 aliphatic rings. The lowest BCUT2D eigenvalue weighted by Crippen LogP contribution is -2.51. The van der Waals surface area contributed by atoms with Crippen LogP contribution in [0, 0.1) is 13.8 Å². The van der Waals surface area contributed by atoms with Gasteiger partial charge < -0.3 is 19.4 Å². The summed E-state index contributed by atoms with van der Waals surface area (Å²) in [6.45, 7) is 10.5. The van der Waals surface area contributed by atoms with Gasteiger partial charge in [-0.3, -0.25) is 9.59 Å². The summed E-state index contributed by atoms with van der Waals surface area (Å²) >= 11 is 0. The summed E-state index contributed by atoms with van der Waals surface area (Å²) in [6.07, 6.45) is -0.694. The Labute approximate surface area is 159 Å². The number of aromatic nitrogens is 1. The molecule has 0 saturated carbocycles. The van der Waals surface area contributed by atoms with Crippen molar-refractivity contribution >= 4 is 22.8 Å². The van der Waals surface area contributed by atoms with Crippen molar-refractivity contribution in [2.24, 2.45) is 0 Å². The van der Waals surface area contributed by atoms with Crippen LogP contribution in [-0.2, 0) is 25.5 Å². The van der Waals surface area contributed by atoms with E-state index in [1.807, 2.05) is 39.8 Å². The Morgan fingerprint density at radius 3 is 2.59 bits per heavy atom. The zero-order valence-corrected chi connectivity index (χ0v) is 16.7. The summed E-state index contributed by atoms with van der Waals surface area (Å²) in [5.41, 5.74) is 4.01. The third kappa shape index (κ3) is 4.33. The molecule has 3 rings (SSSR count). The molecule has 3 atom stereocenters. The number of H-pyrrole nitrogens is 1. The van der Waals surface area contributed by atoms with Crippen LogP contribution in [-0.4, -0.2) is 53.2 Å². The lowest BCUT2D eigenvalue weighted by Gasteiger charge is -2.36. The van der Waals surface area contributed by atoms with Crippen LogP contribution in [0.2, 0.25) is 0 Å². The third-order valence-corrected chi connectivity index (χ3v) is 4.98. The van der Waals surface area contributed by atoms with Crippen molar-refractivity contribution in [1.82, 2.24) is 9.88 Å². The van der Waals surface area contributed by atoms with Gasteiger partial charge in [-0.15, -0.1) is 0 Å². The number of ether oxygens (including phenoxy) is 2. The fourth-order valence-corrected chi connectivity index (χ4v) is 3.77. The number of nitrogens with one attached hydrogen (secondary N) is 1. The number of carbonyl (C=O) groups excluding carboxylic acids is 2. The molecule has 2 heterocycles. The standard InChI is InChI=1S/C21H28N2O4/c1-12-6-7-19-18(8-12)17(15(4)22-19)9-20(24)27-16(5)21(25)23-10-13(2)26-14(3)11-23/h6-8,13-14,16,22H,9-11H2,1-5H3/t13-,14+,16-/m0/s1. The van der Waals surface area contributed by atoms with Crippen molar-refractivity contribution in [2.45, 2.75) is 59.4 Å². The normalized spacial score (nSPS) is 21.3. The van der Waals surface area contributed by atoms with Crippen molar-refractivity contribution < 1.29 is 19.1 Å². The van der Waals surface area contributed by atoms with Crippen LogP contribution in [0.3, 0.4) is 0 Å². The molecular weight excluding hydrogens is 344 g/mol. The first kappa shape index (κ1) is 19.4. The fourth-order valence-electron chi connectivity index (χ4n) is 3.77. The Hall–Kier alpha value is -2.34. The second-order valence-corrected chi connectivity index (χ2v) is 7.59. The van der Waals surface area contributed by atoms with Gasteiger partial charge in [-0.25, -0.2) is 0 Å². The number of nitrogens with zero attached hydrogens (tertiary/aromatic N) is 1. The lowest BCUT2D eigenvalue weighted by atomic mass is 10.1. The zero-order chi connectivity index (χ0) is 19.7. The number of carbonyl (C=O) groups is 2. The molecule has 1 aromatic heterocycles. The minimum Gasteiger partial charge on any atom is -0.452 e. The van der Waals surface area contributed by atoms with E-state index in [0.29, 0.717) is 13.1 Å². The average molecular weight is 372 g/mol. The molecule has 1 amide bonds. The van der Waals surface area contributed by atoms with Gasteiger partial charge in [-0.1, -0.05) is 11.6 Å². The number of fused-ring (bicyclic) bond motifs is 1. The maximum atomic E-state index is 12.6. The molecule has 27 heavy (non-hydrogen) atoms. The number of morpholine rings is 1. The summed E-state index contributed by atoms with van der Waals surface area (Å²) in [5, 5.41) is 1.03. The van der Waals surface area contributed by atoms with Crippen molar-refractivity contribution in [2.75, 3.05) is 13.1 Å². The van der Waals surface area contributed by atoms with Crippen molar-refractivity contribution in [3.63, 3.8) is 0 Å². The summed E-state index contributed by atoms with van der Waals surface area (Å²) < 4.78 is 11.1. The molecule has 1 N–H and O–H groups in total. The highest BCUT2D eigenvalue weighted by atomic mass is 16.5. The molecule has 1 saturated heterocycles. The van der Waals surface area contributed by atoms with Gasteiger partial charge in [0.05, 0.1) is 18.6 Å². The molecule has 0 unspecified atom stereocenters. The minimum absolute atomic E-state index is 0.0160. The quantitative estimate of drug-likeness (QED) is 0.838. The SMILES string of the molecule is Cc1ccc2[nH]c(C)c(CC(=O)O[C@@H](C)C(=O)N3C[C@@H](C)O[C@@H](C)C3)c2c1. The molecule has 0 bridgehead atoms. The van der Waals surface area contributed by atoms with E-state index >= 15 is 0 Å². The molecule has 0 aliphatic carbocycles. The smallest absolute Gasteiger partial charge is 0.311 e. The van der Waals surface area contributed by atoms with E-state index < -0.39 is 12.1 Å². The van der Waals surface area contributed by atoms with E-state index in [-0.39, 0.29) is 24.5 Å². The Kier molecular flexibility index (Phi) is 5.56. The molecular formula is C21H28N2O4. The number of benzene rings is 1. The van der Waals surface area contributed by atoms with Gasteiger partial charge >= 0.3 is 5.97 Å². The van der Waals surface area contributed by atoms with E-state index in [4.69, 9.17) is 9.47 Å². The Morgan fingerprint density at radius 2 is 1.93 bits per heavy atom. The predicted octanol–water partition coefficient (Wildman–Crippen LogP) is 2.89. The number of rotatable bonds is 4. The topological polar surface area (TPSA) is 71.6 Å². The van der Waals surface area contributed by atoms with Gasteiger partial charge in [0, 0.05) is 29.7 Å². The number of amides is 1. The Morgan fingerprint density at radius 1 is 1.26 bits per heavy atom. The molecule has 6 heteroatoms. The van der Waals surface area contributed by atoms with Gasteiger partial charge in [0.1, 0.15) is 0 Å². The van der Waals surface area contributed by atoms with Crippen LogP contribution < -0.4 is 0 Å². The fraction of sp³-hybridized carbons (Fsp3) is 0.524. The van der Waals surface area contributed by atoms with Crippen LogP contribution in [0.15, 0.2) is 18.2 Å². The van der Waals surface area contributed by atoms with Gasteiger partial charge in [0.25, 0.3) is 5.91 Å². The number of aromatic amines is 1. The van der Waals surface area contributed by atoms with Crippen LogP contribution in [0.1, 0.15) is 37.6 Å². The molecule has 1 aliphatic heterocycles. The van der Waals surface area contributed by atoms with Gasteiger partial charge in [-0.2, -0.15) is 0 Å². The summed E-state index contributed by atoms with van der Waals surface area (Å²) in [4.78, 5) is 30.1. The molecule has 1 fully saturated rings. The summed E-state index contributed by atoms with van der Waals surface area (Å²) in [6, 6.07) is 6.11. The van der Waals surface area contributed by atoms with Crippen LogP contribution in [0.5, 0.6) is 0 Å². The van der Waals surface area contributed by atoms with E-state index in [2.05, 4.69) is 11.1 Å². The molecule has 0 spiro atoms. The average Bonchev–Trinajstić information content (AvgIpc) is 2.88. The second-order valence-electron chi connectivity index (χ2n) is 7.59. The van der Waals surface area contributed by atoms with E-state index in [9.17, 15) is 9.59 Å². The first-order valence-corrected chi connectivity index (χ1v) is 9.46. The van der Waals surface area contributed by atoms with Crippen LogP contribution in [0.25, 0.3) is 10.9 Å². The monoisotopic (exact) mass is 372 g/mol. The highest BCUT2D eigenvalue weighted by molar-refractivity contribution is 5.90. The molecule has 1 aromatic carbocycles. The van der Waals surface area contributed by atoms with E-state index in [0.717, 1.165) is 27.7 Å². The maximum absolute atomic E-state index is 12.6. The lowest BCUT2D eigenvalue weighted by molar-refractivity contribution is -0.164. The molecule has 146 valence electrons. The number of hydrogen-bond acceptors (Lipinski definition) is 4. The van der Waals surface area contributed by atoms with Gasteiger partial charge in [-0.05, 0) is 52.3 Å². The van der Waals surface area contributed by atoms with Gasteiger partial charge in [0.2, 0.25) is 0 Å². The Bertz CT molecular complexity index is 847. The van der Waals surface area contributed by atoms with Crippen molar-refractivity contribution in [1.29, 1.82) is 0 Å². The summed E-state index contributed by atoms with van der Waals surface area (Å²) in [5.74, 6) is -0.562. The summed E-state index contributed by atoms with van der Waals surface area (Å²) in [7, 11) is 0. The highest BCUT2D eigenvalue weighted by Gasteiger charge is 2.30. The molecule has 0 radical (unpaired) electrons. The van der Waals surface area contributed by atoms with Crippen LogP contribution >= 0.6 is 0 Å². The zero-order valence-electron chi connectivity index (χ0n) is 16.7. The first-order valence-electron chi connectivity index (χ1n) is 9.46.